The van der Waals surface area contributed by atoms with Gasteiger partial charge in [0.05, 0.1) is 6.10 Å². The maximum absolute atomic E-state index is 13.8. The molecule has 0 N–H and O–H groups in total. The number of hydrogen-bond donors (Lipinski definition) is 0. The second-order valence-corrected chi connectivity index (χ2v) is 18.1. The van der Waals surface area contributed by atoms with Gasteiger partial charge in [-0.2, -0.15) is 0 Å². The molecule has 1 aliphatic heterocycles. The first-order valence-corrected chi connectivity index (χ1v) is 15.6. The van der Waals surface area contributed by atoms with Crippen LogP contribution in [0.25, 0.3) is 0 Å². The van der Waals surface area contributed by atoms with Crippen LogP contribution < -0.4 is 10.4 Å². The lowest BCUT2D eigenvalue weighted by Crippen LogP contribution is -2.70. The van der Waals surface area contributed by atoms with Gasteiger partial charge in [-0.3, -0.25) is 0 Å². The molecule has 35 heavy (non-hydrogen) atoms. The van der Waals surface area contributed by atoms with E-state index in [4.69, 9.17) is 9.16 Å². The fourth-order valence-electron chi connectivity index (χ4n) is 5.28. The predicted molar refractivity (Wildman–Crippen MR) is 141 cm³/mol. The number of hydrogen-bond acceptors (Lipinski definition) is 5. The van der Waals surface area contributed by atoms with E-state index in [0.29, 0.717) is 19.3 Å². The molecule has 8 heteroatoms. The Morgan fingerprint density at radius 2 is 1.40 bits per heavy atom. The van der Waals surface area contributed by atoms with Gasteiger partial charge in [-0.25, -0.2) is 17.5 Å². The Bertz CT molecular complexity index is 1130. The minimum absolute atomic E-state index is 0.0574. The van der Waals surface area contributed by atoms with E-state index < -0.39 is 40.9 Å². The Labute approximate surface area is 210 Å². The average molecular weight is 516 g/mol. The number of rotatable bonds is 4. The third kappa shape index (κ3) is 4.45. The SMILES string of the molecule is CC(C)(C)OC(=O)N1CCC(O[Si](c2ccccc2)(c2ccccc2)C(C)(C)C)C2(CC2)S1(=O)=O. The van der Waals surface area contributed by atoms with Gasteiger partial charge >= 0.3 is 6.09 Å². The minimum Gasteiger partial charge on any atom is -0.443 e. The molecular formula is C27H37NO5SSi. The van der Waals surface area contributed by atoms with Gasteiger partial charge in [-0.05, 0) is 55.4 Å². The summed E-state index contributed by atoms with van der Waals surface area (Å²) in [5.74, 6) is 0. The number of amides is 1. The van der Waals surface area contributed by atoms with Crippen LogP contribution in [0, 0.1) is 0 Å². The van der Waals surface area contributed by atoms with E-state index in [1.165, 1.54) is 0 Å². The van der Waals surface area contributed by atoms with Gasteiger partial charge in [0, 0.05) is 6.54 Å². The van der Waals surface area contributed by atoms with Crippen LogP contribution in [0.1, 0.15) is 60.8 Å². The van der Waals surface area contributed by atoms with E-state index in [-0.39, 0.29) is 11.6 Å². The standard InChI is InChI=1S/C27H37NO5SSi/c1-25(2,3)32-24(29)28-20-17-23(27(18-19-27)34(28,30)31)33-35(26(4,5)6,21-13-9-7-10-14-21)22-15-11-8-12-16-22/h7-16,23H,17-20H2,1-6H3. The minimum atomic E-state index is -3.94. The van der Waals surface area contributed by atoms with Crippen LogP contribution in [0.3, 0.4) is 0 Å². The van der Waals surface area contributed by atoms with Crippen LogP contribution in [0.4, 0.5) is 4.79 Å². The lowest BCUT2D eigenvalue weighted by molar-refractivity contribution is 0.0339. The summed E-state index contributed by atoms with van der Waals surface area (Å²) in [5, 5.41) is 1.96. The summed E-state index contributed by atoms with van der Waals surface area (Å²) in [5.41, 5.74) is -0.772. The number of carbonyl (C=O) groups excluding carboxylic acids is 1. The van der Waals surface area contributed by atoms with E-state index in [0.717, 1.165) is 14.7 Å². The second-order valence-electron chi connectivity index (χ2n) is 11.7. The highest BCUT2D eigenvalue weighted by atomic mass is 32.2. The van der Waals surface area contributed by atoms with Gasteiger partial charge in [0.25, 0.3) is 8.32 Å². The molecule has 2 aromatic rings. The monoisotopic (exact) mass is 515 g/mol. The van der Waals surface area contributed by atoms with Crippen LogP contribution in [-0.2, 0) is 19.2 Å². The summed E-state index contributed by atoms with van der Waals surface area (Å²) in [6.45, 7) is 11.8. The molecule has 2 fully saturated rings. The highest BCUT2D eigenvalue weighted by molar-refractivity contribution is 7.91. The fourth-order valence-corrected chi connectivity index (χ4v) is 12.3. The lowest BCUT2D eigenvalue weighted by Gasteiger charge is -2.48. The topological polar surface area (TPSA) is 72.9 Å². The summed E-state index contributed by atoms with van der Waals surface area (Å²) >= 11 is 0. The van der Waals surface area contributed by atoms with Crippen molar-refractivity contribution in [3.63, 3.8) is 0 Å². The van der Waals surface area contributed by atoms with Crippen molar-refractivity contribution < 1.29 is 22.4 Å². The number of sulfonamides is 1. The first-order valence-electron chi connectivity index (χ1n) is 12.3. The molecule has 1 amide bonds. The van der Waals surface area contributed by atoms with E-state index in [9.17, 15) is 13.2 Å². The molecule has 1 atom stereocenters. The lowest BCUT2D eigenvalue weighted by atomic mass is 10.1. The Kier molecular flexibility index (Phi) is 6.48. The molecular weight excluding hydrogens is 478 g/mol. The van der Waals surface area contributed by atoms with Crippen molar-refractivity contribution in [1.29, 1.82) is 0 Å². The van der Waals surface area contributed by atoms with Gasteiger partial charge in [-0.1, -0.05) is 81.4 Å². The highest BCUT2D eigenvalue weighted by Gasteiger charge is 2.68. The van der Waals surface area contributed by atoms with Gasteiger partial charge in [0.15, 0.2) is 0 Å². The largest absolute Gasteiger partial charge is 0.443 e. The molecule has 0 radical (unpaired) electrons. The van der Waals surface area contributed by atoms with Crippen molar-refractivity contribution in [2.24, 2.45) is 0 Å². The second kappa shape index (κ2) is 8.75. The molecule has 1 aliphatic carbocycles. The zero-order valence-corrected chi connectivity index (χ0v) is 23.4. The van der Waals surface area contributed by atoms with E-state index in [1.807, 2.05) is 36.4 Å². The Balaban J connectivity index is 1.78. The van der Waals surface area contributed by atoms with Gasteiger partial charge in [0.1, 0.15) is 10.3 Å². The van der Waals surface area contributed by atoms with E-state index in [1.54, 1.807) is 20.8 Å². The molecule has 1 spiro atoms. The summed E-state index contributed by atoms with van der Waals surface area (Å²) in [7, 11) is -6.87. The molecule has 0 aromatic heterocycles. The summed E-state index contributed by atoms with van der Waals surface area (Å²) in [6, 6.07) is 20.5. The molecule has 2 aliphatic rings. The van der Waals surface area contributed by atoms with Gasteiger partial charge < -0.3 is 9.16 Å². The Hall–Kier alpha value is -2.16. The molecule has 190 valence electrons. The molecule has 1 heterocycles. The van der Waals surface area contributed by atoms with E-state index in [2.05, 4.69) is 45.0 Å². The third-order valence-corrected chi connectivity index (χ3v) is 14.7. The summed E-state index contributed by atoms with van der Waals surface area (Å²) in [4.78, 5) is 12.8. The average Bonchev–Trinajstić information content (AvgIpc) is 3.57. The Morgan fingerprint density at radius 3 is 1.80 bits per heavy atom. The van der Waals surface area contributed by atoms with Crippen LogP contribution >= 0.6 is 0 Å². The summed E-state index contributed by atoms with van der Waals surface area (Å²) < 4.78 is 40.1. The fraction of sp³-hybridized carbons (Fsp3) is 0.519. The van der Waals surface area contributed by atoms with Gasteiger partial charge in [0.2, 0.25) is 10.0 Å². The first-order chi connectivity index (χ1) is 16.2. The first kappa shape index (κ1) is 25.9. The van der Waals surface area contributed by atoms with Crippen molar-refractivity contribution in [2.75, 3.05) is 6.54 Å². The van der Waals surface area contributed by atoms with Crippen molar-refractivity contribution in [3.05, 3.63) is 60.7 Å². The number of carbonyl (C=O) groups is 1. The zero-order chi connectivity index (χ0) is 25.7. The smallest absolute Gasteiger partial charge is 0.424 e. The van der Waals surface area contributed by atoms with Gasteiger partial charge in [-0.15, -0.1) is 0 Å². The number of ether oxygens (including phenoxy) is 1. The molecule has 1 unspecified atom stereocenters. The maximum Gasteiger partial charge on any atom is 0.424 e. The molecule has 2 aromatic carbocycles. The van der Waals surface area contributed by atoms with Crippen LogP contribution in [-0.4, -0.2) is 50.1 Å². The zero-order valence-electron chi connectivity index (χ0n) is 21.6. The quantitative estimate of drug-likeness (QED) is 0.563. The third-order valence-electron chi connectivity index (χ3n) is 7.06. The van der Waals surface area contributed by atoms with E-state index >= 15 is 0 Å². The Morgan fingerprint density at radius 1 is 0.914 bits per heavy atom. The van der Waals surface area contributed by atoms with Crippen molar-refractivity contribution in [1.82, 2.24) is 4.31 Å². The van der Waals surface area contributed by atoms with Crippen molar-refractivity contribution in [2.45, 2.75) is 82.3 Å². The maximum atomic E-state index is 13.8. The van der Waals surface area contributed by atoms with Crippen LogP contribution in [0.15, 0.2) is 60.7 Å². The van der Waals surface area contributed by atoms with Crippen molar-refractivity contribution in [3.8, 4) is 0 Å². The predicted octanol–water partition coefficient (Wildman–Crippen LogP) is 4.43. The van der Waals surface area contributed by atoms with Crippen molar-refractivity contribution >= 4 is 34.8 Å². The number of nitrogens with zero attached hydrogens (tertiary/aromatic N) is 1. The molecule has 1 saturated carbocycles. The summed E-state index contributed by atoms with van der Waals surface area (Å²) in [6.07, 6.45) is 0.114. The molecule has 4 rings (SSSR count). The number of benzene rings is 2. The molecule has 0 bridgehead atoms. The van der Waals surface area contributed by atoms with Crippen LogP contribution in [0.5, 0.6) is 0 Å². The highest BCUT2D eigenvalue weighted by Crippen LogP contribution is 2.54. The normalized spacial score (nSPS) is 21.5. The molecule has 1 saturated heterocycles. The molecule has 6 nitrogen and oxygen atoms in total. The van der Waals surface area contributed by atoms with Crippen LogP contribution in [0.2, 0.25) is 5.04 Å².